The minimum absolute atomic E-state index is 0.496. The van der Waals surface area contributed by atoms with Crippen LogP contribution in [-0.2, 0) is 0 Å². The van der Waals surface area contributed by atoms with Crippen LogP contribution in [0.25, 0.3) is 0 Å². The molecule has 2 aromatic carbocycles. The largest absolute Gasteiger partial charge is 0.493 e. The Hall–Kier alpha value is -1.81. The standard InChI is InChI=1S/C16H15BrO3/c17-15-9-4-6-13(12-18)16(15)20-11-5-10-19-14-7-2-1-3-8-14/h1-4,6-9,12H,5,10-11H2. The van der Waals surface area contributed by atoms with Gasteiger partial charge in [-0.1, -0.05) is 24.3 Å². The summed E-state index contributed by atoms with van der Waals surface area (Å²) in [5.74, 6) is 1.43. The molecular formula is C16H15BrO3. The zero-order chi connectivity index (χ0) is 14.2. The molecule has 0 spiro atoms. The molecule has 0 radical (unpaired) electrons. The quantitative estimate of drug-likeness (QED) is 0.564. The van der Waals surface area contributed by atoms with Crippen molar-refractivity contribution in [2.75, 3.05) is 13.2 Å². The number of hydrogen-bond donors (Lipinski definition) is 0. The van der Waals surface area contributed by atoms with Gasteiger partial charge in [0.25, 0.3) is 0 Å². The molecule has 0 aliphatic carbocycles. The first-order valence-corrected chi connectivity index (χ1v) is 7.15. The van der Waals surface area contributed by atoms with Crippen LogP contribution in [-0.4, -0.2) is 19.5 Å². The van der Waals surface area contributed by atoms with Gasteiger partial charge in [-0.3, -0.25) is 4.79 Å². The Morgan fingerprint density at radius 3 is 2.45 bits per heavy atom. The Morgan fingerprint density at radius 2 is 1.70 bits per heavy atom. The molecular weight excluding hydrogens is 320 g/mol. The van der Waals surface area contributed by atoms with Gasteiger partial charge in [0.2, 0.25) is 0 Å². The van der Waals surface area contributed by atoms with Crippen molar-refractivity contribution in [1.29, 1.82) is 0 Å². The molecule has 0 bridgehead atoms. The number of hydrogen-bond acceptors (Lipinski definition) is 3. The number of carbonyl (C=O) groups is 1. The second-order valence-corrected chi connectivity index (χ2v) is 4.99. The van der Waals surface area contributed by atoms with Crippen LogP contribution in [0.2, 0.25) is 0 Å². The highest BCUT2D eigenvalue weighted by atomic mass is 79.9. The van der Waals surface area contributed by atoms with E-state index in [2.05, 4.69) is 15.9 Å². The van der Waals surface area contributed by atoms with Gasteiger partial charge in [-0.15, -0.1) is 0 Å². The zero-order valence-electron chi connectivity index (χ0n) is 10.9. The van der Waals surface area contributed by atoms with Crippen molar-refractivity contribution in [1.82, 2.24) is 0 Å². The minimum Gasteiger partial charge on any atom is -0.493 e. The summed E-state index contributed by atoms with van der Waals surface area (Å²) < 4.78 is 12.0. The maximum atomic E-state index is 10.9. The van der Waals surface area contributed by atoms with Crippen molar-refractivity contribution in [2.24, 2.45) is 0 Å². The highest BCUT2D eigenvalue weighted by molar-refractivity contribution is 9.10. The summed E-state index contributed by atoms with van der Waals surface area (Å²) in [6.45, 7) is 1.07. The summed E-state index contributed by atoms with van der Waals surface area (Å²) in [6, 6.07) is 15.0. The molecule has 0 fully saturated rings. The molecule has 0 heterocycles. The average molecular weight is 335 g/mol. The van der Waals surface area contributed by atoms with E-state index in [0.717, 1.165) is 22.9 Å². The third-order valence-corrected chi connectivity index (χ3v) is 3.30. The second-order valence-electron chi connectivity index (χ2n) is 4.14. The van der Waals surface area contributed by atoms with Crippen LogP contribution < -0.4 is 9.47 Å². The van der Waals surface area contributed by atoms with Crippen molar-refractivity contribution in [2.45, 2.75) is 6.42 Å². The molecule has 4 heteroatoms. The molecule has 0 aromatic heterocycles. The summed E-state index contributed by atoms with van der Waals surface area (Å²) in [6.07, 6.45) is 1.54. The minimum atomic E-state index is 0.496. The lowest BCUT2D eigenvalue weighted by atomic mass is 10.2. The number of aldehydes is 1. The van der Waals surface area contributed by atoms with Crippen molar-refractivity contribution >= 4 is 22.2 Å². The van der Waals surface area contributed by atoms with Gasteiger partial charge in [-0.25, -0.2) is 0 Å². The monoisotopic (exact) mass is 334 g/mol. The van der Waals surface area contributed by atoms with Crippen LogP contribution in [0.1, 0.15) is 16.8 Å². The van der Waals surface area contributed by atoms with Gasteiger partial charge in [-0.2, -0.15) is 0 Å². The van der Waals surface area contributed by atoms with Crippen molar-refractivity contribution in [3.8, 4) is 11.5 Å². The lowest BCUT2D eigenvalue weighted by Crippen LogP contribution is -2.06. The maximum absolute atomic E-state index is 10.9. The van der Waals surface area contributed by atoms with Gasteiger partial charge < -0.3 is 9.47 Å². The van der Waals surface area contributed by atoms with Gasteiger partial charge in [-0.05, 0) is 40.2 Å². The molecule has 104 valence electrons. The molecule has 0 amide bonds. The predicted molar refractivity (Wildman–Crippen MR) is 81.6 cm³/mol. The number of rotatable bonds is 7. The molecule has 2 rings (SSSR count). The number of para-hydroxylation sites is 2. The van der Waals surface area contributed by atoms with E-state index >= 15 is 0 Å². The van der Waals surface area contributed by atoms with Crippen molar-refractivity contribution < 1.29 is 14.3 Å². The van der Waals surface area contributed by atoms with Gasteiger partial charge >= 0.3 is 0 Å². The van der Waals surface area contributed by atoms with Gasteiger partial charge in [0.15, 0.2) is 6.29 Å². The maximum Gasteiger partial charge on any atom is 0.153 e. The number of carbonyl (C=O) groups excluding carboxylic acids is 1. The van der Waals surface area contributed by atoms with Crippen LogP contribution in [0.4, 0.5) is 0 Å². The number of ether oxygens (including phenoxy) is 2. The molecule has 0 aliphatic heterocycles. The first-order chi connectivity index (χ1) is 9.81. The smallest absolute Gasteiger partial charge is 0.153 e. The molecule has 2 aromatic rings. The van der Waals surface area contributed by atoms with Gasteiger partial charge in [0.05, 0.1) is 23.2 Å². The van der Waals surface area contributed by atoms with Crippen molar-refractivity contribution in [3.05, 3.63) is 58.6 Å². The Balaban J connectivity index is 1.78. The summed E-state index contributed by atoms with van der Waals surface area (Å²) in [4.78, 5) is 10.9. The highest BCUT2D eigenvalue weighted by Crippen LogP contribution is 2.28. The van der Waals surface area contributed by atoms with E-state index in [-0.39, 0.29) is 0 Å². The van der Waals surface area contributed by atoms with E-state index in [4.69, 9.17) is 9.47 Å². The van der Waals surface area contributed by atoms with E-state index in [1.165, 1.54) is 0 Å². The first-order valence-electron chi connectivity index (χ1n) is 6.35. The van der Waals surface area contributed by atoms with E-state index in [1.54, 1.807) is 12.1 Å². The average Bonchev–Trinajstić information content (AvgIpc) is 2.49. The van der Waals surface area contributed by atoms with Crippen LogP contribution in [0.5, 0.6) is 11.5 Å². The lowest BCUT2D eigenvalue weighted by molar-refractivity contribution is 0.111. The SMILES string of the molecule is O=Cc1cccc(Br)c1OCCCOc1ccccc1. The third kappa shape index (κ3) is 4.10. The fourth-order valence-electron chi connectivity index (χ4n) is 1.71. The van der Waals surface area contributed by atoms with Crippen LogP contribution in [0.3, 0.4) is 0 Å². The van der Waals surface area contributed by atoms with Crippen LogP contribution in [0, 0.1) is 0 Å². The summed E-state index contributed by atoms with van der Waals surface area (Å²) >= 11 is 3.38. The molecule has 0 saturated carbocycles. The molecule has 20 heavy (non-hydrogen) atoms. The van der Waals surface area contributed by atoms with Crippen LogP contribution in [0.15, 0.2) is 53.0 Å². The molecule has 0 unspecified atom stereocenters. The molecule has 0 saturated heterocycles. The Kier molecular flexibility index (Phi) is 5.62. The summed E-state index contributed by atoms with van der Waals surface area (Å²) in [7, 11) is 0. The molecule has 0 aliphatic rings. The van der Waals surface area contributed by atoms with Crippen LogP contribution >= 0.6 is 15.9 Å². The van der Waals surface area contributed by atoms with E-state index in [1.807, 2.05) is 36.4 Å². The molecule has 0 atom stereocenters. The van der Waals surface area contributed by atoms with E-state index in [9.17, 15) is 4.79 Å². The predicted octanol–water partition coefficient (Wildman–Crippen LogP) is 4.11. The Bertz CT molecular complexity index is 555. The number of halogens is 1. The fraction of sp³-hybridized carbons (Fsp3) is 0.188. The lowest BCUT2D eigenvalue weighted by Gasteiger charge is -2.10. The zero-order valence-corrected chi connectivity index (χ0v) is 12.5. The van der Waals surface area contributed by atoms with Crippen molar-refractivity contribution in [3.63, 3.8) is 0 Å². The Labute approximate surface area is 126 Å². The van der Waals surface area contributed by atoms with Gasteiger partial charge in [0, 0.05) is 6.42 Å². The summed E-state index contributed by atoms with van der Waals surface area (Å²) in [5.41, 5.74) is 0.545. The molecule has 3 nitrogen and oxygen atoms in total. The topological polar surface area (TPSA) is 35.5 Å². The summed E-state index contributed by atoms with van der Waals surface area (Å²) in [5, 5.41) is 0. The third-order valence-electron chi connectivity index (χ3n) is 2.67. The van der Waals surface area contributed by atoms with E-state index in [0.29, 0.717) is 24.5 Å². The van der Waals surface area contributed by atoms with E-state index < -0.39 is 0 Å². The first kappa shape index (κ1) is 14.6. The second kappa shape index (κ2) is 7.70. The highest BCUT2D eigenvalue weighted by Gasteiger charge is 2.06. The molecule has 0 N–H and O–H groups in total. The Morgan fingerprint density at radius 1 is 0.950 bits per heavy atom. The van der Waals surface area contributed by atoms with Gasteiger partial charge in [0.1, 0.15) is 11.5 Å². The number of benzene rings is 2. The normalized spacial score (nSPS) is 10.1. The fourth-order valence-corrected chi connectivity index (χ4v) is 2.21.